The molecule has 0 aliphatic rings. The Hall–Kier alpha value is -2.35. The minimum atomic E-state index is 1.04. The molecule has 0 aliphatic carbocycles. The Bertz CT molecular complexity index is 739. The summed E-state index contributed by atoms with van der Waals surface area (Å²) >= 11 is 0. The number of benzene rings is 2. The predicted molar refractivity (Wildman–Crippen MR) is 83.6 cm³/mol. The maximum Gasteiger partial charge on any atom is 0.100 e. The Morgan fingerprint density at radius 2 is 1.65 bits per heavy atom. The number of rotatable bonds is 2. The molecule has 0 bridgehead atoms. The highest BCUT2D eigenvalue weighted by Gasteiger charge is 2.13. The summed E-state index contributed by atoms with van der Waals surface area (Å²) in [5.74, 6) is 0. The van der Waals surface area contributed by atoms with Crippen LogP contribution in [0.4, 0.5) is 0 Å². The molecular weight excluding hydrogens is 244 g/mol. The van der Waals surface area contributed by atoms with Crippen molar-refractivity contribution in [1.82, 2.24) is 9.78 Å². The van der Waals surface area contributed by atoms with Crippen LogP contribution in [0.1, 0.15) is 11.1 Å². The fourth-order valence-electron chi connectivity index (χ4n) is 2.52. The van der Waals surface area contributed by atoms with Gasteiger partial charge in [0.25, 0.3) is 0 Å². The van der Waals surface area contributed by atoms with Crippen molar-refractivity contribution in [2.24, 2.45) is 7.05 Å². The predicted octanol–water partition coefficient (Wildman–Crippen LogP) is 4.37. The van der Waals surface area contributed by atoms with Crippen molar-refractivity contribution in [2.75, 3.05) is 0 Å². The van der Waals surface area contributed by atoms with Gasteiger partial charge in [-0.05, 0) is 25.0 Å². The lowest BCUT2D eigenvalue weighted by atomic mass is 9.96. The van der Waals surface area contributed by atoms with Crippen LogP contribution in [0, 0.1) is 13.8 Å². The second-order valence-electron chi connectivity index (χ2n) is 5.25. The Labute approximate surface area is 119 Å². The van der Waals surface area contributed by atoms with Gasteiger partial charge in [-0.25, -0.2) is 0 Å². The molecule has 0 radical (unpaired) electrons. The molecule has 3 rings (SSSR count). The van der Waals surface area contributed by atoms with Crippen LogP contribution in [0.25, 0.3) is 22.4 Å². The Morgan fingerprint density at radius 1 is 0.900 bits per heavy atom. The summed E-state index contributed by atoms with van der Waals surface area (Å²) in [5, 5.41) is 4.64. The van der Waals surface area contributed by atoms with Gasteiger partial charge in [-0.2, -0.15) is 5.10 Å². The quantitative estimate of drug-likeness (QED) is 0.670. The highest BCUT2D eigenvalue weighted by molar-refractivity contribution is 5.82. The molecular formula is C18H18N2. The van der Waals surface area contributed by atoms with E-state index in [1.54, 1.807) is 0 Å². The van der Waals surface area contributed by atoms with E-state index < -0.39 is 0 Å². The summed E-state index contributed by atoms with van der Waals surface area (Å²) < 4.78 is 1.89. The Kier molecular flexibility index (Phi) is 3.15. The van der Waals surface area contributed by atoms with E-state index in [0.717, 1.165) is 11.3 Å². The number of hydrogen-bond donors (Lipinski definition) is 0. The zero-order valence-corrected chi connectivity index (χ0v) is 12.1. The van der Waals surface area contributed by atoms with Gasteiger partial charge in [0.05, 0.1) is 0 Å². The van der Waals surface area contributed by atoms with Gasteiger partial charge in [-0.15, -0.1) is 0 Å². The van der Waals surface area contributed by atoms with Crippen molar-refractivity contribution in [2.45, 2.75) is 13.8 Å². The molecule has 20 heavy (non-hydrogen) atoms. The summed E-state index contributed by atoms with van der Waals surface area (Å²) in [5.41, 5.74) is 7.21. The first-order valence-corrected chi connectivity index (χ1v) is 6.82. The van der Waals surface area contributed by atoms with Gasteiger partial charge in [0.1, 0.15) is 5.69 Å². The average Bonchev–Trinajstić information content (AvgIpc) is 2.84. The van der Waals surface area contributed by atoms with E-state index in [0.29, 0.717) is 0 Å². The van der Waals surface area contributed by atoms with E-state index in [1.165, 1.54) is 22.3 Å². The monoisotopic (exact) mass is 262 g/mol. The first kappa shape index (κ1) is 12.7. The lowest BCUT2D eigenvalue weighted by molar-refractivity contribution is 0.771. The molecule has 1 aromatic heterocycles. The molecule has 0 amide bonds. The molecule has 2 aromatic carbocycles. The van der Waals surface area contributed by atoms with Gasteiger partial charge in [0, 0.05) is 24.4 Å². The zero-order valence-electron chi connectivity index (χ0n) is 12.1. The molecule has 2 nitrogen and oxygen atoms in total. The second kappa shape index (κ2) is 4.97. The molecule has 3 aromatic rings. The molecule has 0 aliphatic heterocycles. The molecule has 0 unspecified atom stereocenters. The number of aryl methyl sites for hydroxylation is 3. The third-order valence-electron chi connectivity index (χ3n) is 3.56. The van der Waals surface area contributed by atoms with Gasteiger partial charge >= 0.3 is 0 Å². The van der Waals surface area contributed by atoms with Crippen LogP contribution in [-0.2, 0) is 7.05 Å². The van der Waals surface area contributed by atoms with E-state index >= 15 is 0 Å². The van der Waals surface area contributed by atoms with Crippen LogP contribution < -0.4 is 0 Å². The molecule has 0 atom stereocenters. The standard InChI is InChI=1S/C18H18N2/c1-13-9-10-14(2)16(11-13)17-12-20(3)19-18(17)15-7-5-4-6-8-15/h4-12H,1-3H3. The summed E-state index contributed by atoms with van der Waals surface area (Å²) in [4.78, 5) is 0. The lowest BCUT2D eigenvalue weighted by Crippen LogP contribution is -1.88. The molecule has 2 heteroatoms. The molecule has 0 saturated heterocycles. The van der Waals surface area contributed by atoms with Gasteiger partial charge in [-0.1, -0.05) is 54.1 Å². The second-order valence-corrected chi connectivity index (χ2v) is 5.25. The molecule has 0 N–H and O–H groups in total. The van der Waals surface area contributed by atoms with E-state index in [2.05, 4.69) is 67.6 Å². The van der Waals surface area contributed by atoms with E-state index in [-0.39, 0.29) is 0 Å². The highest BCUT2D eigenvalue weighted by Crippen LogP contribution is 2.33. The van der Waals surface area contributed by atoms with Gasteiger partial charge in [0.15, 0.2) is 0 Å². The summed E-state index contributed by atoms with van der Waals surface area (Å²) in [7, 11) is 1.97. The number of nitrogens with zero attached hydrogens (tertiary/aromatic N) is 2. The average molecular weight is 262 g/mol. The molecule has 0 saturated carbocycles. The zero-order chi connectivity index (χ0) is 14.1. The summed E-state index contributed by atoms with van der Waals surface area (Å²) in [6, 6.07) is 16.9. The Balaban J connectivity index is 2.22. The van der Waals surface area contributed by atoms with Crippen molar-refractivity contribution < 1.29 is 0 Å². The fraction of sp³-hybridized carbons (Fsp3) is 0.167. The fourth-order valence-corrected chi connectivity index (χ4v) is 2.52. The summed E-state index contributed by atoms with van der Waals surface area (Å²) in [6.45, 7) is 4.28. The smallest absolute Gasteiger partial charge is 0.100 e. The minimum absolute atomic E-state index is 1.04. The SMILES string of the molecule is Cc1ccc(C)c(-c2cn(C)nc2-c2ccccc2)c1. The Morgan fingerprint density at radius 3 is 2.40 bits per heavy atom. The third kappa shape index (κ3) is 2.25. The van der Waals surface area contributed by atoms with Crippen LogP contribution >= 0.6 is 0 Å². The van der Waals surface area contributed by atoms with Crippen LogP contribution in [0.2, 0.25) is 0 Å². The van der Waals surface area contributed by atoms with Gasteiger partial charge in [0.2, 0.25) is 0 Å². The minimum Gasteiger partial charge on any atom is -0.275 e. The summed E-state index contributed by atoms with van der Waals surface area (Å²) in [6.07, 6.45) is 2.10. The van der Waals surface area contributed by atoms with Crippen molar-refractivity contribution >= 4 is 0 Å². The van der Waals surface area contributed by atoms with Crippen LogP contribution in [0.3, 0.4) is 0 Å². The first-order valence-electron chi connectivity index (χ1n) is 6.82. The number of aromatic nitrogens is 2. The number of hydrogen-bond acceptors (Lipinski definition) is 1. The molecule has 1 heterocycles. The van der Waals surface area contributed by atoms with E-state index in [9.17, 15) is 0 Å². The van der Waals surface area contributed by atoms with Crippen molar-refractivity contribution in [3.05, 3.63) is 65.9 Å². The van der Waals surface area contributed by atoms with Crippen molar-refractivity contribution in [3.63, 3.8) is 0 Å². The van der Waals surface area contributed by atoms with Crippen LogP contribution in [0.15, 0.2) is 54.7 Å². The molecule has 0 spiro atoms. The molecule has 100 valence electrons. The largest absolute Gasteiger partial charge is 0.275 e. The van der Waals surface area contributed by atoms with Crippen LogP contribution in [0.5, 0.6) is 0 Å². The van der Waals surface area contributed by atoms with E-state index in [1.807, 2.05) is 17.8 Å². The lowest BCUT2D eigenvalue weighted by Gasteiger charge is -2.07. The highest BCUT2D eigenvalue weighted by atomic mass is 15.2. The maximum absolute atomic E-state index is 4.64. The van der Waals surface area contributed by atoms with Crippen LogP contribution in [-0.4, -0.2) is 9.78 Å². The van der Waals surface area contributed by atoms with Crippen molar-refractivity contribution in [3.8, 4) is 22.4 Å². The third-order valence-corrected chi connectivity index (χ3v) is 3.56. The normalized spacial score (nSPS) is 10.8. The topological polar surface area (TPSA) is 17.8 Å². The van der Waals surface area contributed by atoms with Gasteiger partial charge in [-0.3, -0.25) is 4.68 Å². The van der Waals surface area contributed by atoms with Crippen molar-refractivity contribution in [1.29, 1.82) is 0 Å². The maximum atomic E-state index is 4.64. The van der Waals surface area contributed by atoms with E-state index in [4.69, 9.17) is 0 Å². The first-order chi connectivity index (χ1) is 9.65. The van der Waals surface area contributed by atoms with Gasteiger partial charge < -0.3 is 0 Å². The molecule has 0 fully saturated rings.